The quantitative estimate of drug-likeness (QED) is 0.712. The van der Waals surface area contributed by atoms with Crippen molar-refractivity contribution in [2.75, 3.05) is 42.9 Å². The first-order chi connectivity index (χ1) is 13.8. The van der Waals surface area contributed by atoms with Gasteiger partial charge in [0.1, 0.15) is 5.82 Å². The van der Waals surface area contributed by atoms with Crippen LogP contribution in [0.2, 0.25) is 0 Å². The van der Waals surface area contributed by atoms with Crippen LogP contribution in [0.5, 0.6) is 0 Å². The molecule has 28 heavy (non-hydrogen) atoms. The van der Waals surface area contributed by atoms with E-state index in [1.54, 1.807) is 23.2 Å². The fraction of sp³-hybridized carbons (Fsp3) is 0.286. The SMILES string of the molecule is O=C(c1ccco1)N1CCN(c2nccc(NCCc3ccccc3)n2)CC1. The van der Waals surface area contributed by atoms with Crippen LogP contribution in [0.3, 0.4) is 0 Å². The lowest BCUT2D eigenvalue weighted by Crippen LogP contribution is -2.49. The molecule has 1 saturated heterocycles. The maximum Gasteiger partial charge on any atom is 0.289 e. The molecule has 0 atom stereocenters. The third-order valence-electron chi connectivity index (χ3n) is 4.79. The normalized spacial score (nSPS) is 14.1. The molecule has 1 aromatic carbocycles. The van der Waals surface area contributed by atoms with Gasteiger partial charge in [-0.25, -0.2) is 4.98 Å². The molecule has 1 fully saturated rings. The van der Waals surface area contributed by atoms with Crippen LogP contribution in [-0.2, 0) is 6.42 Å². The van der Waals surface area contributed by atoms with Crippen molar-refractivity contribution in [3.63, 3.8) is 0 Å². The first kappa shape index (κ1) is 18.0. The van der Waals surface area contributed by atoms with Crippen LogP contribution in [0.4, 0.5) is 11.8 Å². The maximum absolute atomic E-state index is 12.4. The molecule has 4 rings (SSSR count). The van der Waals surface area contributed by atoms with Crippen molar-refractivity contribution in [2.24, 2.45) is 0 Å². The van der Waals surface area contributed by atoms with E-state index in [1.807, 2.05) is 12.1 Å². The van der Waals surface area contributed by atoms with Gasteiger partial charge >= 0.3 is 0 Å². The van der Waals surface area contributed by atoms with E-state index in [0.717, 1.165) is 18.8 Å². The Hall–Kier alpha value is -3.35. The highest BCUT2D eigenvalue weighted by atomic mass is 16.3. The number of amides is 1. The van der Waals surface area contributed by atoms with Crippen molar-refractivity contribution < 1.29 is 9.21 Å². The zero-order chi connectivity index (χ0) is 19.2. The number of hydrogen-bond acceptors (Lipinski definition) is 6. The molecule has 0 radical (unpaired) electrons. The topological polar surface area (TPSA) is 74.5 Å². The van der Waals surface area contributed by atoms with Crippen LogP contribution >= 0.6 is 0 Å². The van der Waals surface area contributed by atoms with Crippen molar-refractivity contribution in [1.29, 1.82) is 0 Å². The van der Waals surface area contributed by atoms with Gasteiger partial charge in [-0.15, -0.1) is 0 Å². The molecule has 0 unspecified atom stereocenters. The number of anilines is 2. The molecule has 1 amide bonds. The summed E-state index contributed by atoms with van der Waals surface area (Å²) in [6.07, 6.45) is 4.23. The summed E-state index contributed by atoms with van der Waals surface area (Å²) < 4.78 is 5.21. The second-order valence-corrected chi connectivity index (χ2v) is 6.66. The van der Waals surface area contributed by atoms with Crippen LogP contribution in [-0.4, -0.2) is 53.5 Å². The van der Waals surface area contributed by atoms with E-state index in [-0.39, 0.29) is 5.91 Å². The minimum absolute atomic E-state index is 0.0677. The largest absolute Gasteiger partial charge is 0.459 e. The Morgan fingerprint density at radius 3 is 2.61 bits per heavy atom. The number of furan rings is 1. The van der Waals surface area contributed by atoms with Crippen molar-refractivity contribution in [3.8, 4) is 0 Å². The molecule has 3 heterocycles. The van der Waals surface area contributed by atoms with E-state index in [4.69, 9.17) is 4.42 Å². The first-order valence-electron chi connectivity index (χ1n) is 9.48. The lowest BCUT2D eigenvalue weighted by Gasteiger charge is -2.34. The average molecular weight is 377 g/mol. The molecule has 7 heteroatoms. The summed E-state index contributed by atoms with van der Waals surface area (Å²) in [5.74, 6) is 1.82. The Labute approximate surface area is 164 Å². The van der Waals surface area contributed by atoms with Gasteiger partial charge in [-0.1, -0.05) is 30.3 Å². The third kappa shape index (κ3) is 4.31. The molecule has 0 saturated carbocycles. The Bertz CT molecular complexity index is 890. The molecule has 0 aliphatic carbocycles. The smallest absolute Gasteiger partial charge is 0.289 e. The molecular weight excluding hydrogens is 354 g/mol. The zero-order valence-electron chi connectivity index (χ0n) is 15.6. The lowest BCUT2D eigenvalue weighted by atomic mass is 10.1. The van der Waals surface area contributed by atoms with Crippen LogP contribution in [0.25, 0.3) is 0 Å². The number of nitrogens with zero attached hydrogens (tertiary/aromatic N) is 4. The molecule has 0 spiro atoms. The van der Waals surface area contributed by atoms with Gasteiger partial charge in [-0.2, -0.15) is 4.98 Å². The van der Waals surface area contributed by atoms with Crippen LogP contribution in [0.1, 0.15) is 16.1 Å². The number of hydrogen-bond donors (Lipinski definition) is 1. The minimum atomic E-state index is -0.0677. The lowest BCUT2D eigenvalue weighted by molar-refractivity contribution is 0.0714. The maximum atomic E-state index is 12.4. The number of nitrogens with one attached hydrogen (secondary N) is 1. The summed E-state index contributed by atoms with van der Waals surface area (Å²) in [5, 5.41) is 3.36. The predicted molar refractivity (Wildman–Crippen MR) is 107 cm³/mol. The van der Waals surface area contributed by atoms with E-state index >= 15 is 0 Å². The van der Waals surface area contributed by atoms with Gasteiger partial charge in [-0.05, 0) is 30.2 Å². The summed E-state index contributed by atoms with van der Waals surface area (Å²) in [7, 11) is 0. The number of benzene rings is 1. The number of piperazine rings is 1. The van der Waals surface area contributed by atoms with Gasteiger partial charge in [0.05, 0.1) is 6.26 Å². The number of rotatable bonds is 6. The number of carbonyl (C=O) groups excluding carboxylic acids is 1. The van der Waals surface area contributed by atoms with Crippen LogP contribution in [0, 0.1) is 0 Å². The van der Waals surface area contributed by atoms with Gasteiger partial charge in [0.25, 0.3) is 5.91 Å². The summed E-state index contributed by atoms with van der Waals surface area (Å²) >= 11 is 0. The van der Waals surface area contributed by atoms with Crippen molar-refractivity contribution >= 4 is 17.7 Å². The van der Waals surface area contributed by atoms with E-state index < -0.39 is 0 Å². The minimum Gasteiger partial charge on any atom is -0.459 e. The molecule has 0 bridgehead atoms. The van der Waals surface area contributed by atoms with Gasteiger partial charge < -0.3 is 19.5 Å². The molecule has 144 valence electrons. The Morgan fingerprint density at radius 2 is 1.86 bits per heavy atom. The standard InChI is InChI=1S/C21H23N5O2/c27-20(18-7-4-16-28-18)25-12-14-26(15-13-25)21-23-11-9-19(24-21)22-10-8-17-5-2-1-3-6-17/h1-7,9,11,16H,8,10,12-15H2,(H,22,23,24). The molecule has 3 aromatic rings. The van der Waals surface area contributed by atoms with Crippen molar-refractivity contribution in [3.05, 3.63) is 72.3 Å². The highest BCUT2D eigenvalue weighted by molar-refractivity contribution is 5.91. The molecule has 1 N–H and O–H groups in total. The fourth-order valence-electron chi connectivity index (χ4n) is 3.24. The Morgan fingerprint density at radius 1 is 1.04 bits per heavy atom. The average Bonchev–Trinajstić information content (AvgIpc) is 3.29. The van der Waals surface area contributed by atoms with E-state index in [9.17, 15) is 4.79 Å². The number of aromatic nitrogens is 2. The molecule has 2 aromatic heterocycles. The van der Waals surface area contributed by atoms with Gasteiger partial charge in [-0.3, -0.25) is 4.79 Å². The zero-order valence-corrected chi connectivity index (χ0v) is 15.6. The van der Waals surface area contributed by atoms with Crippen molar-refractivity contribution in [2.45, 2.75) is 6.42 Å². The second kappa shape index (κ2) is 8.56. The van der Waals surface area contributed by atoms with Crippen LogP contribution < -0.4 is 10.2 Å². The summed E-state index contributed by atoms with van der Waals surface area (Å²) in [6.45, 7) is 3.44. The second-order valence-electron chi connectivity index (χ2n) is 6.66. The molecule has 1 aliphatic rings. The van der Waals surface area contributed by atoms with E-state index in [2.05, 4.69) is 44.5 Å². The predicted octanol–water partition coefficient (Wildman–Crippen LogP) is 2.69. The first-order valence-corrected chi connectivity index (χ1v) is 9.48. The highest BCUT2D eigenvalue weighted by Gasteiger charge is 2.24. The van der Waals surface area contributed by atoms with Crippen LogP contribution in [0.15, 0.2) is 65.4 Å². The fourth-order valence-corrected chi connectivity index (χ4v) is 3.24. The van der Waals surface area contributed by atoms with Gasteiger partial charge in [0.2, 0.25) is 5.95 Å². The number of carbonyl (C=O) groups is 1. The summed E-state index contributed by atoms with van der Waals surface area (Å²) in [4.78, 5) is 25.3. The van der Waals surface area contributed by atoms with E-state index in [0.29, 0.717) is 37.9 Å². The Balaban J connectivity index is 1.30. The monoisotopic (exact) mass is 377 g/mol. The van der Waals surface area contributed by atoms with E-state index in [1.165, 1.54) is 11.8 Å². The van der Waals surface area contributed by atoms with Gasteiger partial charge in [0, 0.05) is 38.9 Å². The van der Waals surface area contributed by atoms with Gasteiger partial charge in [0.15, 0.2) is 5.76 Å². The van der Waals surface area contributed by atoms with Crippen molar-refractivity contribution in [1.82, 2.24) is 14.9 Å². The highest BCUT2D eigenvalue weighted by Crippen LogP contribution is 2.15. The Kier molecular flexibility index (Phi) is 5.51. The molecule has 1 aliphatic heterocycles. The summed E-state index contributed by atoms with van der Waals surface area (Å²) in [6, 6.07) is 15.7. The summed E-state index contributed by atoms with van der Waals surface area (Å²) in [5.41, 5.74) is 1.29. The third-order valence-corrected chi connectivity index (χ3v) is 4.79. The molecule has 7 nitrogen and oxygen atoms in total. The molecular formula is C21H23N5O2.